The van der Waals surface area contributed by atoms with Gasteiger partial charge >= 0.3 is 102 Å². The molecule has 1 aliphatic rings. The van der Waals surface area contributed by atoms with Crippen LogP contribution in [0.4, 0.5) is 0 Å². The van der Waals surface area contributed by atoms with Crippen LogP contribution in [0.3, 0.4) is 0 Å². The number of phosphoric ester groups is 1. The van der Waals surface area contributed by atoms with Gasteiger partial charge in [-0.2, -0.15) is 0 Å². The molecule has 0 amide bonds. The van der Waals surface area contributed by atoms with Gasteiger partial charge in [-0.3, -0.25) is 9.79 Å². The minimum atomic E-state index is -5.01. The molecule has 1 heterocycles. The molecule has 0 aliphatic carbocycles. The monoisotopic (exact) mass is 325 g/mol. The molecule has 0 bridgehead atoms. The first-order valence-electron chi connectivity index (χ1n) is 3.94. The number of cyclic esters (lactones) is 1. The molecule has 0 aromatic heterocycles. The zero-order valence-corrected chi connectivity index (χ0v) is 17.6. The fourth-order valence-electron chi connectivity index (χ4n) is 1.03. The molecule has 0 radical (unpaired) electrons. The van der Waals surface area contributed by atoms with Gasteiger partial charge in [-0.25, -0.2) is 9.36 Å². The van der Waals surface area contributed by atoms with Crippen molar-refractivity contribution >= 4 is 13.8 Å². The predicted molar refractivity (Wildman–Crippen MR) is 45.8 cm³/mol. The molecule has 0 fully saturated rings. The van der Waals surface area contributed by atoms with E-state index in [-0.39, 0.29) is 88.7 Å². The third-order valence-electron chi connectivity index (χ3n) is 1.67. The summed E-state index contributed by atoms with van der Waals surface area (Å²) in [4.78, 5) is 27.8. The minimum absolute atomic E-state index is 0. The van der Waals surface area contributed by atoms with Gasteiger partial charge in [-0.05, 0) is 0 Å². The van der Waals surface area contributed by atoms with Crippen LogP contribution >= 0.6 is 7.82 Å². The normalized spacial score (nSPS) is 19.6. The molecule has 0 saturated carbocycles. The molecule has 92 valence electrons. The van der Waals surface area contributed by atoms with E-state index in [0.717, 1.165) is 0 Å². The van der Waals surface area contributed by atoms with Crippen molar-refractivity contribution in [2.45, 2.75) is 12.2 Å². The Morgan fingerprint density at radius 3 is 2.16 bits per heavy atom. The van der Waals surface area contributed by atoms with Gasteiger partial charge in [-0.1, -0.05) is 0 Å². The molecule has 1 rings (SSSR count). The molecule has 0 saturated heterocycles. The van der Waals surface area contributed by atoms with E-state index in [1.165, 1.54) is 0 Å². The average Bonchev–Trinajstić information content (AvgIpc) is 2.43. The van der Waals surface area contributed by atoms with E-state index in [9.17, 15) is 9.36 Å². The summed E-state index contributed by atoms with van der Waals surface area (Å²) in [6.45, 7) is -0.848. The van der Waals surface area contributed by atoms with E-state index < -0.39 is 44.1 Å². The zero-order valence-electron chi connectivity index (χ0n) is 10.7. The first-order valence-corrected chi connectivity index (χ1v) is 5.47. The third kappa shape index (κ3) is 7.62. The summed E-state index contributed by atoms with van der Waals surface area (Å²) in [5, 5.41) is 26.8. The van der Waals surface area contributed by atoms with Crippen LogP contribution in [0.15, 0.2) is 11.5 Å². The second kappa shape index (κ2) is 10.6. The number of rotatable bonds is 4. The van der Waals surface area contributed by atoms with Gasteiger partial charge in [0.25, 0.3) is 0 Å². The topological polar surface area (TPSA) is 154 Å². The van der Waals surface area contributed by atoms with Crippen molar-refractivity contribution in [3.63, 3.8) is 0 Å². The van der Waals surface area contributed by atoms with Gasteiger partial charge < -0.3 is 24.6 Å². The summed E-state index contributed by atoms with van der Waals surface area (Å²) >= 11 is 0. The Morgan fingerprint density at radius 2 is 1.79 bits per heavy atom. The van der Waals surface area contributed by atoms with Gasteiger partial charge in [0.15, 0.2) is 6.10 Å². The summed E-state index contributed by atoms with van der Waals surface area (Å²) < 4.78 is 18.9. The van der Waals surface area contributed by atoms with Crippen LogP contribution in [0.2, 0.25) is 0 Å². The van der Waals surface area contributed by atoms with Gasteiger partial charge in [-0.15, -0.1) is 0 Å². The summed E-state index contributed by atoms with van der Waals surface area (Å²) in [5.41, 5.74) is 0. The second-order valence-electron chi connectivity index (χ2n) is 2.87. The molecule has 0 aromatic carbocycles. The Labute approximate surface area is 174 Å². The van der Waals surface area contributed by atoms with E-state index in [1.54, 1.807) is 0 Å². The predicted octanol–water partition coefficient (Wildman–Crippen LogP) is -10.8. The van der Waals surface area contributed by atoms with Crippen molar-refractivity contribution in [1.29, 1.82) is 0 Å². The smallest absolute Gasteiger partial charge is 0.499 e. The Bertz CT molecular complexity index is 380. The molecule has 1 aliphatic heterocycles. The minimum Gasteiger partial charge on any atom is -0.499 e. The van der Waals surface area contributed by atoms with E-state index in [2.05, 4.69) is 9.26 Å². The van der Waals surface area contributed by atoms with Crippen LogP contribution < -0.4 is 88.7 Å². The zero-order chi connectivity index (χ0) is 12.5. The fraction of sp³-hybridized carbons (Fsp3) is 0.500. The third-order valence-corrected chi connectivity index (χ3v) is 2.11. The SMILES string of the molecule is O=C1O[C@H]([C@@H](O)CO)C(OP(=O)(O)O)=C1O.[Na+].[Na+].[Na+]. The molecule has 19 heavy (non-hydrogen) atoms. The van der Waals surface area contributed by atoms with Gasteiger partial charge in [0.2, 0.25) is 11.5 Å². The van der Waals surface area contributed by atoms with Crippen LogP contribution in [0.5, 0.6) is 0 Å². The maximum absolute atomic E-state index is 10.8. The standard InChI is InChI=1S/C6H9O9P.3Na/c7-1-2(8)4-5(15-16(11,12)13)3(9)6(10)14-4;;;/h2,4,7-9H,1H2,(H2,11,12,13);;;/q;3*+1/t2-,4+;;;/m0.../s1. The summed E-state index contributed by atoms with van der Waals surface area (Å²) in [5.74, 6) is -3.36. The second-order valence-corrected chi connectivity index (χ2v) is 4.03. The van der Waals surface area contributed by atoms with E-state index >= 15 is 0 Å². The van der Waals surface area contributed by atoms with Crippen LogP contribution in [0.1, 0.15) is 0 Å². The van der Waals surface area contributed by atoms with Crippen molar-refractivity contribution < 1.29 is 132 Å². The van der Waals surface area contributed by atoms with Gasteiger partial charge in [0.1, 0.15) is 6.10 Å². The number of aliphatic hydroxyl groups excluding tert-OH is 3. The van der Waals surface area contributed by atoms with Crippen molar-refractivity contribution in [3.8, 4) is 0 Å². The number of esters is 1. The van der Waals surface area contributed by atoms with Crippen molar-refractivity contribution in [2.24, 2.45) is 0 Å². The van der Waals surface area contributed by atoms with Crippen LogP contribution in [0.25, 0.3) is 0 Å². The number of ether oxygens (including phenoxy) is 1. The van der Waals surface area contributed by atoms with Crippen LogP contribution in [0, 0.1) is 0 Å². The van der Waals surface area contributed by atoms with Gasteiger partial charge in [0.05, 0.1) is 6.61 Å². The molecule has 9 nitrogen and oxygen atoms in total. The molecular formula is C6H9Na3O9P+3. The van der Waals surface area contributed by atoms with Crippen LogP contribution in [-0.2, 0) is 18.6 Å². The molecule has 0 unspecified atom stereocenters. The quantitative estimate of drug-likeness (QED) is 0.192. The Hall–Kier alpha value is 1.88. The summed E-state index contributed by atoms with van der Waals surface area (Å²) in [6.07, 6.45) is -3.31. The molecular weight excluding hydrogens is 316 g/mol. The summed E-state index contributed by atoms with van der Waals surface area (Å²) in [7, 11) is -5.01. The first-order chi connectivity index (χ1) is 7.26. The number of aliphatic hydroxyl groups is 3. The number of hydrogen-bond acceptors (Lipinski definition) is 7. The average molecular weight is 325 g/mol. The molecule has 0 spiro atoms. The Kier molecular flexibility index (Phi) is 14.4. The number of hydrogen-bond donors (Lipinski definition) is 5. The van der Waals surface area contributed by atoms with Crippen LogP contribution in [-0.4, -0.2) is 49.9 Å². The summed E-state index contributed by atoms with van der Waals surface area (Å²) in [6, 6.07) is 0. The molecule has 2 atom stereocenters. The molecule has 0 aromatic rings. The van der Waals surface area contributed by atoms with E-state index in [4.69, 9.17) is 25.1 Å². The number of phosphoric acid groups is 1. The fourth-order valence-corrected chi connectivity index (χ4v) is 1.48. The maximum atomic E-state index is 10.8. The Balaban J connectivity index is -0.000000853. The number of carbonyl (C=O) groups excluding carboxylic acids is 1. The van der Waals surface area contributed by atoms with E-state index in [0.29, 0.717) is 0 Å². The van der Waals surface area contributed by atoms with E-state index in [1.807, 2.05) is 0 Å². The number of carbonyl (C=O) groups is 1. The molecule has 5 N–H and O–H groups in total. The molecule has 13 heteroatoms. The van der Waals surface area contributed by atoms with Crippen molar-refractivity contribution in [2.75, 3.05) is 6.61 Å². The van der Waals surface area contributed by atoms with Gasteiger partial charge in [0, 0.05) is 0 Å². The van der Waals surface area contributed by atoms with Crippen molar-refractivity contribution in [1.82, 2.24) is 0 Å². The largest absolute Gasteiger partial charge is 1.00 e. The first kappa shape index (κ1) is 25.8. The maximum Gasteiger partial charge on any atom is 1.00 e. The van der Waals surface area contributed by atoms with Crippen molar-refractivity contribution in [3.05, 3.63) is 11.5 Å². The Morgan fingerprint density at radius 1 is 1.32 bits per heavy atom.